The first-order chi connectivity index (χ1) is 8.69. The number of thiophene rings is 1. The number of hydrogen-bond acceptors (Lipinski definition) is 4. The third-order valence-electron chi connectivity index (χ3n) is 2.19. The molecule has 0 fully saturated rings. The van der Waals surface area contributed by atoms with Gasteiger partial charge in [0.2, 0.25) is 0 Å². The Morgan fingerprint density at radius 1 is 1.39 bits per heavy atom. The minimum absolute atomic E-state index is 0.277. The molecule has 0 atom stereocenters. The van der Waals surface area contributed by atoms with Gasteiger partial charge in [0.05, 0.1) is 4.88 Å². The highest BCUT2D eigenvalue weighted by atomic mass is 127. The number of nitrogens with one attached hydrogen (secondary N) is 1. The second-order valence-electron chi connectivity index (χ2n) is 3.49. The van der Waals surface area contributed by atoms with Crippen LogP contribution in [0.25, 0.3) is 0 Å². The molecule has 0 spiro atoms. The number of amides is 1. The van der Waals surface area contributed by atoms with Gasteiger partial charge in [-0.25, -0.2) is 5.84 Å². The van der Waals surface area contributed by atoms with E-state index in [4.69, 9.17) is 10.6 Å². The average molecular weight is 374 g/mol. The van der Waals surface area contributed by atoms with Crippen molar-refractivity contribution >= 4 is 39.8 Å². The average Bonchev–Trinajstić information content (AvgIpc) is 2.84. The third kappa shape index (κ3) is 3.44. The van der Waals surface area contributed by atoms with Gasteiger partial charge in [0.15, 0.2) is 0 Å². The predicted molar refractivity (Wildman–Crippen MR) is 79.5 cm³/mol. The summed E-state index contributed by atoms with van der Waals surface area (Å²) in [6.45, 7) is 0.447. The topological polar surface area (TPSA) is 64.3 Å². The van der Waals surface area contributed by atoms with Gasteiger partial charge < -0.3 is 4.74 Å². The molecule has 0 aliphatic heterocycles. The Morgan fingerprint density at radius 2 is 2.22 bits per heavy atom. The van der Waals surface area contributed by atoms with Crippen LogP contribution in [0, 0.1) is 3.57 Å². The molecule has 0 unspecified atom stereocenters. The van der Waals surface area contributed by atoms with Crippen LogP contribution in [0.3, 0.4) is 0 Å². The fourth-order valence-corrected chi connectivity index (χ4v) is 2.70. The van der Waals surface area contributed by atoms with E-state index >= 15 is 0 Å². The van der Waals surface area contributed by atoms with E-state index in [-0.39, 0.29) is 5.91 Å². The molecular formula is C12H11IN2O2S. The molecule has 94 valence electrons. The van der Waals surface area contributed by atoms with Crippen LogP contribution in [0.4, 0.5) is 0 Å². The van der Waals surface area contributed by atoms with Crippen molar-refractivity contribution in [2.24, 2.45) is 5.84 Å². The zero-order chi connectivity index (χ0) is 13.0. The largest absolute Gasteiger partial charge is 0.488 e. The monoisotopic (exact) mass is 374 g/mol. The number of rotatable bonds is 4. The van der Waals surface area contributed by atoms with E-state index < -0.39 is 0 Å². The van der Waals surface area contributed by atoms with Crippen LogP contribution in [0.15, 0.2) is 36.4 Å². The second-order valence-corrected chi connectivity index (χ2v) is 5.90. The molecular weight excluding hydrogens is 363 g/mol. The molecule has 4 nitrogen and oxygen atoms in total. The number of nitrogen functional groups attached to an aromatic ring is 1. The minimum atomic E-state index is -0.277. The van der Waals surface area contributed by atoms with Gasteiger partial charge in [-0.2, -0.15) is 0 Å². The lowest BCUT2D eigenvalue weighted by Crippen LogP contribution is -2.29. The summed E-state index contributed by atoms with van der Waals surface area (Å²) in [6.07, 6.45) is 0. The molecule has 6 heteroatoms. The van der Waals surface area contributed by atoms with E-state index in [0.29, 0.717) is 11.5 Å². The Bertz CT molecular complexity index is 557. The lowest BCUT2D eigenvalue weighted by Gasteiger charge is -2.04. The van der Waals surface area contributed by atoms with Crippen molar-refractivity contribution in [3.63, 3.8) is 0 Å². The Kier molecular flexibility index (Phi) is 4.56. The smallest absolute Gasteiger partial charge is 0.275 e. The summed E-state index contributed by atoms with van der Waals surface area (Å²) in [6, 6.07) is 11.4. The van der Waals surface area contributed by atoms with E-state index in [1.54, 1.807) is 6.07 Å². The summed E-state index contributed by atoms with van der Waals surface area (Å²) in [4.78, 5) is 12.8. The van der Waals surface area contributed by atoms with Crippen LogP contribution in [0.1, 0.15) is 14.5 Å². The highest BCUT2D eigenvalue weighted by Gasteiger charge is 2.07. The number of nitrogens with two attached hydrogens (primary N) is 1. The number of hydrogen-bond donors (Lipinski definition) is 2. The van der Waals surface area contributed by atoms with E-state index in [1.165, 1.54) is 11.3 Å². The summed E-state index contributed by atoms with van der Waals surface area (Å²) >= 11 is 3.60. The Labute approximate surface area is 122 Å². The molecule has 0 saturated heterocycles. The van der Waals surface area contributed by atoms with Gasteiger partial charge in [-0.3, -0.25) is 10.2 Å². The van der Waals surface area contributed by atoms with Crippen molar-refractivity contribution in [1.29, 1.82) is 0 Å². The fourth-order valence-electron chi connectivity index (χ4n) is 1.36. The van der Waals surface area contributed by atoms with Crippen molar-refractivity contribution in [3.8, 4) is 5.75 Å². The number of benzene rings is 1. The van der Waals surface area contributed by atoms with Crippen LogP contribution in [-0.2, 0) is 6.61 Å². The van der Waals surface area contributed by atoms with E-state index in [2.05, 4.69) is 28.0 Å². The third-order valence-corrected chi connectivity index (χ3v) is 3.92. The molecule has 18 heavy (non-hydrogen) atoms. The molecule has 0 aliphatic carbocycles. The lowest BCUT2D eigenvalue weighted by atomic mass is 10.3. The first kappa shape index (κ1) is 13.3. The van der Waals surface area contributed by atoms with Crippen LogP contribution in [-0.4, -0.2) is 5.91 Å². The summed E-state index contributed by atoms with van der Waals surface area (Å²) in [5.41, 5.74) is 2.11. The normalized spacial score (nSPS) is 10.1. The highest BCUT2D eigenvalue weighted by Crippen LogP contribution is 2.20. The van der Waals surface area contributed by atoms with E-state index in [0.717, 1.165) is 14.2 Å². The molecule has 0 aliphatic rings. The van der Waals surface area contributed by atoms with Crippen LogP contribution in [0.5, 0.6) is 5.75 Å². The molecule has 0 saturated carbocycles. The van der Waals surface area contributed by atoms with Crippen molar-refractivity contribution in [1.82, 2.24) is 5.43 Å². The maximum absolute atomic E-state index is 11.3. The number of ether oxygens (including phenoxy) is 1. The number of carbonyl (C=O) groups excluding carboxylic acids is 1. The van der Waals surface area contributed by atoms with Crippen LogP contribution >= 0.6 is 33.9 Å². The SMILES string of the molecule is NNC(=O)c1ccc(COc2cccc(I)c2)s1. The van der Waals surface area contributed by atoms with Crippen molar-refractivity contribution in [3.05, 3.63) is 49.7 Å². The van der Waals surface area contributed by atoms with Crippen molar-refractivity contribution in [2.45, 2.75) is 6.61 Å². The Balaban J connectivity index is 1.98. The molecule has 3 N–H and O–H groups in total. The van der Waals surface area contributed by atoms with Gasteiger partial charge in [0.25, 0.3) is 5.91 Å². The maximum atomic E-state index is 11.3. The Morgan fingerprint density at radius 3 is 2.94 bits per heavy atom. The van der Waals surface area contributed by atoms with Gasteiger partial charge >= 0.3 is 0 Å². The zero-order valence-corrected chi connectivity index (χ0v) is 12.3. The standard InChI is InChI=1S/C12H11IN2O2S/c13-8-2-1-3-9(6-8)17-7-10-4-5-11(18-10)12(16)15-14/h1-6H,7,14H2,(H,15,16). The summed E-state index contributed by atoms with van der Waals surface area (Å²) in [7, 11) is 0. The van der Waals surface area contributed by atoms with Crippen LogP contribution < -0.4 is 16.0 Å². The first-order valence-electron chi connectivity index (χ1n) is 5.17. The van der Waals surface area contributed by atoms with Gasteiger partial charge in [-0.05, 0) is 52.9 Å². The number of hydrazine groups is 1. The lowest BCUT2D eigenvalue weighted by molar-refractivity contribution is 0.0957. The zero-order valence-electron chi connectivity index (χ0n) is 9.35. The summed E-state index contributed by atoms with van der Waals surface area (Å²) < 4.78 is 6.77. The number of carbonyl (C=O) groups is 1. The van der Waals surface area contributed by atoms with Gasteiger partial charge in [0, 0.05) is 8.45 Å². The molecule has 1 aromatic carbocycles. The van der Waals surface area contributed by atoms with Crippen LogP contribution in [0.2, 0.25) is 0 Å². The first-order valence-corrected chi connectivity index (χ1v) is 7.06. The van der Waals surface area contributed by atoms with Gasteiger partial charge in [-0.15, -0.1) is 11.3 Å². The maximum Gasteiger partial charge on any atom is 0.275 e. The minimum Gasteiger partial charge on any atom is -0.488 e. The fraction of sp³-hybridized carbons (Fsp3) is 0.0833. The van der Waals surface area contributed by atoms with Gasteiger partial charge in [-0.1, -0.05) is 6.07 Å². The highest BCUT2D eigenvalue weighted by molar-refractivity contribution is 14.1. The molecule has 1 amide bonds. The molecule has 1 heterocycles. The molecule has 0 bridgehead atoms. The molecule has 1 aromatic heterocycles. The Hall–Kier alpha value is -1.12. The van der Waals surface area contributed by atoms with Crippen molar-refractivity contribution in [2.75, 3.05) is 0 Å². The molecule has 2 aromatic rings. The van der Waals surface area contributed by atoms with E-state index in [1.807, 2.05) is 30.3 Å². The van der Waals surface area contributed by atoms with Crippen molar-refractivity contribution < 1.29 is 9.53 Å². The predicted octanol–water partition coefficient (Wildman–Crippen LogP) is 2.54. The number of halogens is 1. The second kappa shape index (κ2) is 6.17. The summed E-state index contributed by atoms with van der Waals surface area (Å²) in [5, 5.41) is 0. The molecule has 0 radical (unpaired) electrons. The quantitative estimate of drug-likeness (QED) is 0.374. The summed E-state index contributed by atoms with van der Waals surface area (Å²) in [5.74, 6) is 5.61. The van der Waals surface area contributed by atoms with Gasteiger partial charge in [0.1, 0.15) is 12.4 Å². The van der Waals surface area contributed by atoms with E-state index in [9.17, 15) is 4.79 Å². The molecule has 2 rings (SSSR count).